The Morgan fingerprint density at radius 1 is 1.40 bits per heavy atom. The lowest BCUT2D eigenvalue weighted by Gasteiger charge is -2.15. The average Bonchev–Trinajstić information content (AvgIpc) is 2.86. The zero-order valence-electron chi connectivity index (χ0n) is 10.3. The van der Waals surface area contributed by atoms with Gasteiger partial charge in [-0.1, -0.05) is 15.9 Å². The highest BCUT2D eigenvalue weighted by atomic mass is 79.9. The van der Waals surface area contributed by atoms with Gasteiger partial charge in [-0.05, 0) is 12.5 Å². The number of nitro benzene ring substituents is 1. The van der Waals surface area contributed by atoms with Crippen molar-refractivity contribution in [1.82, 2.24) is 4.90 Å². The van der Waals surface area contributed by atoms with Crippen LogP contribution in [0.25, 0.3) is 0 Å². The highest BCUT2D eigenvalue weighted by Gasteiger charge is 2.31. The molecule has 2 rings (SSSR count). The second-order valence-corrected chi connectivity index (χ2v) is 5.45. The number of hydrogen-bond acceptors (Lipinski definition) is 4. The van der Waals surface area contributed by atoms with Crippen molar-refractivity contribution in [2.75, 3.05) is 13.1 Å². The number of likely N-dealkylation sites (tertiary alicyclic amines) is 1. The van der Waals surface area contributed by atoms with E-state index in [0.717, 1.165) is 0 Å². The third kappa shape index (κ3) is 2.96. The molecule has 0 saturated carbocycles. The van der Waals surface area contributed by atoms with Crippen LogP contribution in [0.1, 0.15) is 16.8 Å². The Morgan fingerprint density at radius 2 is 2.10 bits per heavy atom. The molecular weight excluding hydrogens is 332 g/mol. The number of benzene rings is 1. The van der Waals surface area contributed by atoms with Crippen LogP contribution in [0.15, 0.2) is 22.7 Å². The van der Waals surface area contributed by atoms with Crippen LogP contribution >= 0.6 is 15.9 Å². The molecule has 1 aliphatic rings. The van der Waals surface area contributed by atoms with Gasteiger partial charge in [-0.25, -0.2) is 0 Å². The molecule has 1 aromatic carbocycles. The summed E-state index contributed by atoms with van der Waals surface area (Å²) >= 11 is 3.12. The van der Waals surface area contributed by atoms with E-state index in [1.165, 1.54) is 23.1 Å². The summed E-state index contributed by atoms with van der Waals surface area (Å²) < 4.78 is 0.434. The molecule has 1 aromatic rings. The predicted molar refractivity (Wildman–Crippen MR) is 72.4 cm³/mol. The van der Waals surface area contributed by atoms with Gasteiger partial charge in [0.1, 0.15) is 0 Å². The molecule has 0 spiro atoms. The van der Waals surface area contributed by atoms with Gasteiger partial charge in [0.2, 0.25) is 0 Å². The Balaban J connectivity index is 2.22. The molecule has 0 bridgehead atoms. The molecule has 0 aliphatic carbocycles. The average molecular weight is 343 g/mol. The topological polar surface area (TPSA) is 101 Å². The first kappa shape index (κ1) is 14.4. The number of amides is 1. The SMILES string of the molecule is O=C(O)C1CCN(C(=O)c2cc(Br)cc([N+](=O)[O-])c2)C1. The van der Waals surface area contributed by atoms with Gasteiger partial charge in [-0.2, -0.15) is 0 Å². The van der Waals surface area contributed by atoms with Crippen LogP contribution < -0.4 is 0 Å². The molecule has 1 saturated heterocycles. The van der Waals surface area contributed by atoms with Crippen molar-refractivity contribution in [3.8, 4) is 0 Å². The highest BCUT2D eigenvalue weighted by Crippen LogP contribution is 2.24. The quantitative estimate of drug-likeness (QED) is 0.667. The van der Waals surface area contributed by atoms with Gasteiger partial charge in [0.15, 0.2) is 0 Å². The van der Waals surface area contributed by atoms with E-state index in [1.54, 1.807) is 0 Å². The molecule has 106 valence electrons. The van der Waals surface area contributed by atoms with Gasteiger partial charge < -0.3 is 10.0 Å². The fourth-order valence-electron chi connectivity index (χ4n) is 2.13. The zero-order valence-corrected chi connectivity index (χ0v) is 11.9. The van der Waals surface area contributed by atoms with E-state index in [0.29, 0.717) is 17.4 Å². The van der Waals surface area contributed by atoms with Crippen molar-refractivity contribution < 1.29 is 19.6 Å². The molecule has 1 unspecified atom stereocenters. The molecule has 7 nitrogen and oxygen atoms in total. The fourth-order valence-corrected chi connectivity index (χ4v) is 2.61. The van der Waals surface area contributed by atoms with Crippen LogP contribution in [-0.2, 0) is 4.79 Å². The van der Waals surface area contributed by atoms with E-state index >= 15 is 0 Å². The van der Waals surface area contributed by atoms with Crippen molar-refractivity contribution in [3.63, 3.8) is 0 Å². The van der Waals surface area contributed by atoms with Crippen molar-refractivity contribution >= 4 is 33.5 Å². The summed E-state index contributed by atoms with van der Waals surface area (Å²) in [6.07, 6.45) is 0.400. The Bertz CT molecular complexity index is 589. The van der Waals surface area contributed by atoms with Gasteiger partial charge >= 0.3 is 5.97 Å². The molecule has 1 aliphatic heterocycles. The summed E-state index contributed by atoms with van der Waals surface area (Å²) in [5.41, 5.74) is -0.00572. The second-order valence-electron chi connectivity index (χ2n) is 4.53. The number of rotatable bonds is 3. The number of hydrogen-bond donors (Lipinski definition) is 1. The number of non-ortho nitro benzene ring substituents is 1. The zero-order chi connectivity index (χ0) is 14.9. The fraction of sp³-hybridized carbons (Fsp3) is 0.333. The predicted octanol–water partition coefficient (Wildman–Crippen LogP) is 1.90. The number of nitro groups is 1. The Morgan fingerprint density at radius 3 is 2.65 bits per heavy atom. The maximum atomic E-state index is 12.2. The Kier molecular flexibility index (Phi) is 4.03. The van der Waals surface area contributed by atoms with E-state index in [9.17, 15) is 19.7 Å². The summed E-state index contributed by atoms with van der Waals surface area (Å²) in [5.74, 6) is -1.89. The minimum Gasteiger partial charge on any atom is -0.481 e. The normalized spacial score (nSPS) is 18.1. The minimum absolute atomic E-state index is 0.133. The number of aliphatic carboxylic acids is 1. The van der Waals surface area contributed by atoms with E-state index in [1.807, 2.05) is 0 Å². The van der Waals surface area contributed by atoms with Gasteiger partial charge in [-0.15, -0.1) is 0 Å². The van der Waals surface area contributed by atoms with Gasteiger partial charge in [-0.3, -0.25) is 19.7 Å². The molecule has 1 atom stereocenters. The molecule has 0 radical (unpaired) electrons. The number of carbonyl (C=O) groups is 2. The molecule has 1 amide bonds. The number of halogens is 1. The summed E-state index contributed by atoms with van der Waals surface area (Å²) in [6, 6.07) is 3.99. The summed E-state index contributed by atoms with van der Waals surface area (Å²) in [4.78, 5) is 34.7. The second kappa shape index (κ2) is 5.58. The molecule has 1 heterocycles. The van der Waals surface area contributed by atoms with Crippen molar-refractivity contribution in [2.45, 2.75) is 6.42 Å². The maximum absolute atomic E-state index is 12.2. The largest absolute Gasteiger partial charge is 0.481 e. The Hall–Kier alpha value is -1.96. The molecule has 20 heavy (non-hydrogen) atoms. The molecule has 8 heteroatoms. The standard InChI is InChI=1S/C12H11BrN2O5/c13-9-3-8(4-10(5-9)15(19)20)11(16)14-2-1-7(6-14)12(17)18/h3-5,7H,1-2,6H2,(H,17,18). The van der Waals surface area contributed by atoms with Gasteiger partial charge in [0.05, 0.1) is 10.8 Å². The lowest BCUT2D eigenvalue weighted by molar-refractivity contribution is -0.385. The van der Waals surface area contributed by atoms with Crippen molar-refractivity contribution in [3.05, 3.63) is 38.3 Å². The first-order valence-electron chi connectivity index (χ1n) is 5.85. The summed E-state index contributed by atoms with van der Waals surface area (Å²) in [7, 11) is 0. The van der Waals surface area contributed by atoms with Crippen LogP contribution in [0.4, 0.5) is 5.69 Å². The molecule has 1 fully saturated rings. The minimum atomic E-state index is -0.930. The van der Waals surface area contributed by atoms with E-state index in [4.69, 9.17) is 5.11 Å². The monoisotopic (exact) mass is 342 g/mol. The number of carboxylic acid groups (broad SMARTS) is 1. The third-order valence-electron chi connectivity index (χ3n) is 3.17. The van der Waals surface area contributed by atoms with Crippen LogP contribution in [0, 0.1) is 16.0 Å². The number of carboxylic acids is 1. The number of carbonyl (C=O) groups excluding carboxylic acids is 1. The van der Waals surface area contributed by atoms with Gasteiger partial charge in [0, 0.05) is 35.3 Å². The van der Waals surface area contributed by atoms with Crippen molar-refractivity contribution in [2.24, 2.45) is 5.92 Å². The molecule has 0 aromatic heterocycles. The summed E-state index contributed by atoms with van der Waals surface area (Å²) in [5, 5.41) is 19.7. The van der Waals surface area contributed by atoms with Crippen LogP contribution in [-0.4, -0.2) is 39.9 Å². The third-order valence-corrected chi connectivity index (χ3v) is 3.62. The molecule has 1 N–H and O–H groups in total. The smallest absolute Gasteiger partial charge is 0.308 e. The van der Waals surface area contributed by atoms with Crippen LogP contribution in [0.2, 0.25) is 0 Å². The first-order valence-corrected chi connectivity index (χ1v) is 6.65. The van der Waals surface area contributed by atoms with Crippen LogP contribution in [0.5, 0.6) is 0 Å². The van der Waals surface area contributed by atoms with E-state index < -0.39 is 22.7 Å². The van der Waals surface area contributed by atoms with Crippen molar-refractivity contribution in [1.29, 1.82) is 0 Å². The van der Waals surface area contributed by atoms with Gasteiger partial charge in [0.25, 0.3) is 11.6 Å². The first-order chi connectivity index (χ1) is 9.38. The van der Waals surface area contributed by atoms with Crippen LogP contribution in [0.3, 0.4) is 0 Å². The Labute approximate surface area is 122 Å². The maximum Gasteiger partial charge on any atom is 0.308 e. The lowest BCUT2D eigenvalue weighted by Crippen LogP contribution is -2.30. The lowest BCUT2D eigenvalue weighted by atomic mass is 10.1. The number of nitrogens with zero attached hydrogens (tertiary/aromatic N) is 2. The van der Waals surface area contributed by atoms with E-state index in [-0.39, 0.29) is 17.8 Å². The summed E-state index contributed by atoms with van der Waals surface area (Å²) in [6.45, 7) is 0.477. The highest BCUT2D eigenvalue weighted by molar-refractivity contribution is 9.10. The molecular formula is C12H11BrN2O5. The van der Waals surface area contributed by atoms with E-state index in [2.05, 4.69) is 15.9 Å².